The lowest BCUT2D eigenvalue weighted by molar-refractivity contribution is -0.143. The summed E-state index contributed by atoms with van der Waals surface area (Å²) in [6, 6.07) is 6.14. The molecule has 0 aliphatic heterocycles. The van der Waals surface area contributed by atoms with E-state index >= 15 is 0 Å². The van der Waals surface area contributed by atoms with E-state index in [1.807, 2.05) is 12.1 Å². The number of ether oxygens (including phenoxy) is 2. The van der Waals surface area contributed by atoms with E-state index in [0.717, 1.165) is 12.0 Å². The molecule has 1 atom stereocenters. The van der Waals surface area contributed by atoms with Gasteiger partial charge in [-0.3, -0.25) is 0 Å². The van der Waals surface area contributed by atoms with Crippen molar-refractivity contribution in [3.8, 4) is 5.75 Å². The van der Waals surface area contributed by atoms with Gasteiger partial charge in [-0.2, -0.15) is 0 Å². The van der Waals surface area contributed by atoms with Crippen molar-refractivity contribution in [2.75, 3.05) is 7.11 Å². The van der Waals surface area contributed by atoms with Crippen molar-refractivity contribution in [3.63, 3.8) is 0 Å². The molecule has 6 heteroatoms. The molecule has 1 aromatic rings. The van der Waals surface area contributed by atoms with E-state index < -0.39 is 23.7 Å². The van der Waals surface area contributed by atoms with Crippen LogP contribution in [0.5, 0.6) is 5.75 Å². The molecule has 0 aromatic heterocycles. The fourth-order valence-electron chi connectivity index (χ4n) is 2.01. The predicted octanol–water partition coefficient (Wildman–Crippen LogP) is 2.78. The third-order valence-electron chi connectivity index (χ3n) is 3.07. The van der Waals surface area contributed by atoms with Gasteiger partial charge in [0, 0.05) is 0 Å². The van der Waals surface area contributed by atoms with E-state index in [1.54, 1.807) is 32.9 Å². The maximum atomic E-state index is 11.8. The first-order valence-corrected chi connectivity index (χ1v) is 7.56. The van der Waals surface area contributed by atoms with Crippen molar-refractivity contribution < 1.29 is 24.2 Å². The lowest BCUT2D eigenvalue weighted by atomic mass is 10.0. The van der Waals surface area contributed by atoms with Gasteiger partial charge in [0.1, 0.15) is 17.4 Å². The van der Waals surface area contributed by atoms with Crippen LogP contribution in [0.2, 0.25) is 0 Å². The molecule has 2 N–H and O–H groups in total. The van der Waals surface area contributed by atoms with Crippen molar-refractivity contribution in [2.24, 2.45) is 0 Å². The summed E-state index contributed by atoms with van der Waals surface area (Å²) in [5.74, 6) is -0.283. The summed E-state index contributed by atoms with van der Waals surface area (Å²) in [5.41, 5.74) is 0.417. The van der Waals surface area contributed by atoms with Crippen LogP contribution in [0.25, 0.3) is 0 Å². The zero-order chi connectivity index (χ0) is 17.5. The van der Waals surface area contributed by atoms with Crippen LogP contribution in [-0.2, 0) is 20.7 Å². The summed E-state index contributed by atoms with van der Waals surface area (Å²) in [6.45, 7) is 5.26. The van der Waals surface area contributed by atoms with Crippen molar-refractivity contribution >= 4 is 12.1 Å². The number of alkyl carbamates (subject to hydrolysis) is 1. The first kappa shape index (κ1) is 18.8. The maximum absolute atomic E-state index is 11.8. The molecular weight excluding hydrogens is 298 g/mol. The number of amides is 1. The second-order valence-corrected chi connectivity index (χ2v) is 6.28. The van der Waals surface area contributed by atoms with E-state index in [2.05, 4.69) is 5.32 Å². The number of esters is 1. The van der Waals surface area contributed by atoms with Crippen LogP contribution in [0, 0.1) is 0 Å². The topological polar surface area (TPSA) is 84.9 Å². The van der Waals surface area contributed by atoms with E-state index in [9.17, 15) is 14.7 Å². The third-order valence-corrected chi connectivity index (χ3v) is 3.07. The highest BCUT2D eigenvalue weighted by Crippen LogP contribution is 2.13. The second kappa shape index (κ2) is 8.41. The molecule has 0 fully saturated rings. The minimum absolute atomic E-state index is 0.216. The van der Waals surface area contributed by atoms with Crippen molar-refractivity contribution in [1.82, 2.24) is 5.32 Å². The van der Waals surface area contributed by atoms with Gasteiger partial charge in [-0.05, 0) is 57.7 Å². The average Bonchev–Trinajstić information content (AvgIpc) is 2.45. The molecule has 0 heterocycles. The Bertz CT molecular complexity index is 519. The summed E-state index contributed by atoms with van der Waals surface area (Å²) >= 11 is 0. The van der Waals surface area contributed by atoms with Crippen molar-refractivity contribution in [3.05, 3.63) is 29.8 Å². The van der Waals surface area contributed by atoms with Gasteiger partial charge < -0.3 is 19.9 Å². The first-order valence-electron chi connectivity index (χ1n) is 7.56. The summed E-state index contributed by atoms with van der Waals surface area (Å²) in [5, 5.41) is 11.8. The molecule has 0 aliphatic rings. The van der Waals surface area contributed by atoms with Gasteiger partial charge in [-0.1, -0.05) is 12.1 Å². The third kappa shape index (κ3) is 7.54. The van der Waals surface area contributed by atoms with Gasteiger partial charge in [-0.15, -0.1) is 0 Å². The highest BCUT2D eigenvalue weighted by molar-refractivity contribution is 5.81. The highest BCUT2D eigenvalue weighted by Gasteiger charge is 2.24. The van der Waals surface area contributed by atoms with Gasteiger partial charge >= 0.3 is 12.1 Å². The van der Waals surface area contributed by atoms with E-state index in [-0.39, 0.29) is 5.75 Å². The molecule has 0 saturated heterocycles. The minimum atomic E-state index is -0.744. The molecule has 0 radical (unpaired) electrons. The Balaban J connectivity index is 2.52. The number of hydrogen-bond donors (Lipinski definition) is 2. The molecule has 0 saturated carbocycles. The quantitative estimate of drug-likeness (QED) is 0.786. The van der Waals surface area contributed by atoms with Crippen LogP contribution in [0.3, 0.4) is 0 Å². The van der Waals surface area contributed by atoms with Crippen LogP contribution in [-0.4, -0.2) is 35.9 Å². The minimum Gasteiger partial charge on any atom is -0.508 e. The van der Waals surface area contributed by atoms with Crippen LogP contribution in [0.1, 0.15) is 39.2 Å². The number of carbonyl (C=O) groups excluding carboxylic acids is 2. The average molecular weight is 323 g/mol. The number of rotatable bonds is 6. The van der Waals surface area contributed by atoms with Crippen LogP contribution in [0.4, 0.5) is 4.79 Å². The molecule has 0 aliphatic carbocycles. The number of benzene rings is 1. The van der Waals surface area contributed by atoms with E-state index in [0.29, 0.717) is 12.8 Å². The lowest BCUT2D eigenvalue weighted by Crippen LogP contribution is -2.44. The van der Waals surface area contributed by atoms with Gasteiger partial charge in [0.2, 0.25) is 0 Å². The molecule has 1 unspecified atom stereocenters. The molecular formula is C17H25NO5. The fourth-order valence-corrected chi connectivity index (χ4v) is 2.01. The SMILES string of the molecule is COC(=O)C(CCCc1ccc(O)cc1)NC(=O)OC(C)(C)C. The molecule has 1 rings (SSSR count). The Kier molecular flexibility index (Phi) is 6.88. The van der Waals surface area contributed by atoms with Crippen molar-refractivity contribution in [2.45, 2.75) is 51.7 Å². The lowest BCUT2D eigenvalue weighted by Gasteiger charge is -2.22. The number of phenols is 1. The monoisotopic (exact) mass is 323 g/mol. The molecule has 0 spiro atoms. The zero-order valence-corrected chi connectivity index (χ0v) is 14.1. The molecule has 1 aromatic carbocycles. The Morgan fingerprint density at radius 2 is 1.83 bits per heavy atom. The predicted molar refractivity (Wildman–Crippen MR) is 86.2 cm³/mol. The molecule has 1 amide bonds. The molecule has 128 valence electrons. The maximum Gasteiger partial charge on any atom is 0.408 e. The number of phenolic OH excluding ortho intramolecular Hbond substituents is 1. The number of nitrogens with one attached hydrogen (secondary N) is 1. The van der Waals surface area contributed by atoms with Gasteiger partial charge in [-0.25, -0.2) is 9.59 Å². The molecule has 6 nitrogen and oxygen atoms in total. The van der Waals surface area contributed by atoms with Gasteiger partial charge in [0.15, 0.2) is 0 Å². The van der Waals surface area contributed by atoms with E-state index in [4.69, 9.17) is 9.47 Å². The second-order valence-electron chi connectivity index (χ2n) is 6.28. The normalized spacial score (nSPS) is 12.3. The number of methoxy groups -OCH3 is 1. The summed E-state index contributed by atoms with van der Waals surface area (Å²) < 4.78 is 9.87. The van der Waals surface area contributed by atoms with E-state index in [1.165, 1.54) is 7.11 Å². The van der Waals surface area contributed by atoms with Crippen LogP contribution >= 0.6 is 0 Å². The Labute approximate surface area is 136 Å². The molecule has 23 heavy (non-hydrogen) atoms. The first-order chi connectivity index (χ1) is 10.7. The smallest absolute Gasteiger partial charge is 0.408 e. The fraction of sp³-hybridized carbons (Fsp3) is 0.529. The standard InChI is InChI=1S/C17H25NO5/c1-17(2,3)23-16(21)18-14(15(20)22-4)7-5-6-12-8-10-13(19)11-9-12/h8-11,14,19H,5-7H2,1-4H3,(H,18,21). The number of aromatic hydroxyl groups is 1. The Morgan fingerprint density at radius 1 is 1.22 bits per heavy atom. The van der Waals surface area contributed by atoms with Gasteiger partial charge in [0.05, 0.1) is 7.11 Å². The number of carbonyl (C=O) groups is 2. The zero-order valence-electron chi connectivity index (χ0n) is 14.1. The van der Waals surface area contributed by atoms with Crippen molar-refractivity contribution in [1.29, 1.82) is 0 Å². The summed E-state index contributed by atoms with van der Waals surface area (Å²) in [7, 11) is 1.28. The number of hydrogen-bond acceptors (Lipinski definition) is 5. The summed E-state index contributed by atoms with van der Waals surface area (Å²) in [6.07, 6.45) is 1.20. The Morgan fingerprint density at radius 3 is 2.35 bits per heavy atom. The largest absolute Gasteiger partial charge is 0.508 e. The summed E-state index contributed by atoms with van der Waals surface area (Å²) in [4.78, 5) is 23.6. The Hall–Kier alpha value is -2.24. The van der Waals surface area contributed by atoms with Gasteiger partial charge in [0.25, 0.3) is 0 Å². The van der Waals surface area contributed by atoms with Crippen LogP contribution in [0.15, 0.2) is 24.3 Å². The number of aryl methyl sites for hydroxylation is 1. The van der Waals surface area contributed by atoms with Crippen LogP contribution < -0.4 is 5.32 Å². The highest BCUT2D eigenvalue weighted by atomic mass is 16.6. The molecule has 0 bridgehead atoms.